The molecule has 0 aliphatic rings. The molecule has 8 heteroatoms. The van der Waals surface area contributed by atoms with Crippen molar-refractivity contribution in [2.24, 2.45) is 0 Å². The molecule has 0 aromatic carbocycles. The molecule has 78 valence electrons. The summed E-state index contributed by atoms with van der Waals surface area (Å²) in [5.41, 5.74) is -1.88. The van der Waals surface area contributed by atoms with E-state index < -0.39 is 24.5 Å². The van der Waals surface area contributed by atoms with Crippen LogP contribution in [-0.4, -0.2) is 26.9 Å². The van der Waals surface area contributed by atoms with E-state index in [1.165, 1.54) is 0 Å². The highest BCUT2D eigenvalue weighted by molar-refractivity contribution is 6.59. The van der Waals surface area contributed by atoms with Crippen molar-refractivity contribution in [3.05, 3.63) is 11.9 Å². The zero-order chi connectivity index (χ0) is 10.9. The summed E-state index contributed by atoms with van der Waals surface area (Å²) < 4.78 is 37.8. The Morgan fingerprint density at radius 1 is 1.50 bits per heavy atom. The van der Waals surface area contributed by atoms with E-state index in [0.717, 1.165) is 10.9 Å². The van der Waals surface area contributed by atoms with Gasteiger partial charge in [-0.2, -0.15) is 18.3 Å². The topological polar surface area (TPSA) is 58.3 Å². The van der Waals surface area contributed by atoms with Gasteiger partial charge in [0.05, 0.1) is 0 Å². The number of aromatic nitrogens is 2. The summed E-state index contributed by atoms with van der Waals surface area (Å²) in [4.78, 5) is 0. The number of nitrogens with zero attached hydrogens (tertiary/aromatic N) is 2. The minimum absolute atomic E-state index is 0.232. The summed E-state index contributed by atoms with van der Waals surface area (Å²) in [6.07, 6.45) is -3.70. The molecule has 0 saturated carbocycles. The summed E-state index contributed by atoms with van der Waals surface area (Å²) in [5.74, 6) is 0. The lowest BCUT2D eigenvalue weighted by atomic mass is 9.80. The molecule has 0 aliphatic heterocycles. The standard InChI is InChI=1S/C6H8BF3N2O2/c1-2-12-3-4(7(13)14)5(11-12)6(8,9)10/h3,13-14H,2H2,1H3. The third-order valence-electron chi connectivity index (χ3n) is 1.66. The van der Waals surface area contributed by atoms with E-state index in [1.807, 2.05) is 0 Å². The van der Waals surface area contributed by atoms with Crippen LogP contribution in [0.3, 0.4) is 0 Å². The smallest absolute Gasteiger partial charge is 0.423 e. The van der Waals surface area contributed by atoms with Crippen LogP contribution in [0.15, 0.2) is 6.20 Å². The number of rotatable bonds is 2. The van der Waals surface area contributed by atoms with Crippen LogP contribution in [0.2, 0.25) is 0 Å². The van der Waals surface area contributed by atoms with Crippen molar-refractivity contribution in [3.63, 3.8) is 0 Å². The van der Waals surface area contributed by atoms with Gasteiger partial charge in [0.25, 0.3) is 0 Å². The molecule has 4 nitrogen and oxygen atoms in total. The van der Waals surface area contributed by atoms with E-state index >= 15 is 0 Å². The summed E-state index contributed by atoms with van der Waals surface area (Å²) >= 11 is 0. The Bertz CT molecular complexity index is 323. The highest BCUT2D eigenvalue weighted by atomic mass is 19.4. The molecule has 0 aliphatic carbocycles. The molecular weight excluding hydrogens is 200 g/mol. The maximum absolute atomic E-state index is 12.3. The van der Waals surface area contributed by atoms with Crippen molar-refractivity contribution in [2.75, 3.05) is 0 Å². The van der Waals surface area contributed by atoms with Gasteiger partial charge in [-0.25, -0.2) is 0 Å². The first kappa shape index (κ1) is 11.1. The minimum atomic E-state index is -4.67. The summed E-state index contributed by atoms with van der Waals surface area (Å²) in [7, 11) is -2.16. The largest absolute Gasteiger partial charge is 0.492 e. The van der Waals surface area contributed by atoms with Gasteiger partial charge in [0.15, 0.2) is 5.69 Å². The molecule has 0 radical (unpaired) electrons. The summed E-state index contributed by atoms with van der Waals surface area (Å²) in [5, 5.41) is 20.6. The molecule has 0 saturated heterocycles. The number of hydrogen-bond donors (Lipinski definition) is 2. The van der Waals surface area contributed by atoms with E-state index in [-0.39, 0.29) is 6.54 Å². The molecule has 1 heterocycles. The minimum Gasteiger partial charge on any atom is -0.423 e. The second kappa shape index (κ2) is 3.62. The maximum atomic E-state index is 12.3. The fraction of sp³-hybridized carbons (Fsp3) is 0.500. The van der Waals surface area contributed by atoms with E-state index in [2.05, 4.69) is 5.10 Å². The van der Waals surface area contributed by atoms with Gasteiger partial charge in [0, 0.05) is 18.2 Å². The third-order valence-corrected chi connectivity index (χ3v) is 1.66. The van der Waals surface area contributed by atoms with Gasteiger partial charge >= 0.3 is 13.3 Å². The first-order valence-corrected chi connectivity index (χ1v) is 3.87. The second-order valence-electron chi connectivity index (χ2n) is 2.66. The maximum Gasteiger partial charge on any atom is 0.492 e. The first-order valence-electron chi connectivity index (χ1n) is 3.87. The van der Waals surface area contributed by atoms with Gasteiger partial charge in [0.1, 0.15) is 0 Å². The number of alkyl halides is 3. The normalized spacial score (nSPS) is 11.9. The van der Waals surface area contributed by atoms with Crippen molar-refractivity contribution in [1.82, 2.24) is 9.78 Å². The van der Waals surface area contributed by atoms with Gasteiger partial charge in [-0.05, 0) is 6.92 Å². The average molecular weight is 208 g/mol. The van der Waals surface area contributed by atoms with Gasteiger partial charge in [0.2, 0.25) is 0 Å². The lowest BCUT2D eigenvalue weighted by Gasteiger charge is -2.04. The zero-order valence-electron chi connectivity index (χ0n) is 7.28. The van der Waals surface area contributed by atoms with E-state index in [1.54, 1.807) is 6.92 Å². The van der Waals surface area contributed by atoms with Crippen LogP contribution >= 0.6 is 0 Å². The van der Waals surface area contributed by atoms with Crippen LogP contribution in [0.5, 0.6) is 0 Å². The fourth-order valence-corrected chi connectivity index (χ4v) is 1.01. The van der Waals surface area contributed by atoms with Crippen LogP contribution < -0.4 is 5.46 Å². The molecule has 0 amide bonds. The Hall–Kier alpha value is -1.02. The van der Waals surface area contributed by atoms with Crippen molar-refractivity contribution >= 4 is 12.6 Å². The van der Waals surface area contributed by atoms with Crippen LogP contribution in [0.4, 0.5) is 13.2 Å². The monoisotopic (exact) mass is 208 g/mol. The van der Waals surface area contributed by atoms with Gasteiger partial charge in [-0.1, -0.05) is 0 Å². The SMILES string of the molecule is CCn1cc(B(O)O)c(C(F)(F)F)n1. The predicted octanol–water partition coefficient (Wildman–Crippen LogP) is -0.398. The highest BCUT2D eigenvalue weighted by Crippen LogP contribution is 2.26. The van der Waals surface area contributed by atoms with Crippen molar-refractivity contribution in [2.45, 2.75) is 19.6 Å². The first-order chi connectivity index (χ1) is 6.36. The average Bonchev–Trinajstić information content (AvgIpc) is 2.46. The molecule has 0 fully saturated rings. The van der Waals surface area contributed by atoms with E-state index in [0.29, 0.717) is 0 Å². The molecule has 1 aromatic rings. The quantitative estimate of drug-likeness (QED) is 0.650. The Labute approximate surface area is 78.1 Å². The Morgan fingerprint density at radius 3 is 2.36 bits per heavy atom. The van der Waals surface area contributed by atoms with E-state index in [9.17, 15) is 13.2 Å². The third kappa shape index (κ3) is 2.07. The summed E-state index contributed by atoms with van der Waals surface area (Å²) in [6, 6.07) is 0. The molecule has 2 N–H and O–H groups in total. The van der Waals surface area contributed by atoms with Crippen molar-refractivity contribution < 1.29 is 23.2 Å². The van der Waals surface area contributed by atoms with Crippen molar-refractivity contribution in [3.8, 4) is 0 Å². The van der Waals surface area contributed by atoms with Crippen molar-refractivity contribution in [1.29, 1.82) is 0 Å². The number of aryl methyl sites for hydroxylation is 1. The molecule has 1 rings (SSSR count). The highest BCUT2D eigenvalue weighted by Gasteiger charge is 2.39. The van der Waals surface area contributed by atoms with Crippen LogP contribution in [0.25, 0.3) is 0 Å². The van der Waals surface area contributed by atoms with Gasteiger partial charge in [-0.3, -0.25) is 4.68 Å². The number of halogens is 3. The molecule has 0 unspecified atom stereocenters. The molecule has 1 aromatic heterocycles. The lowest BCUT2D eigenvalue weighted by molar-refractivity contribution is -0.140. The Kier molecular flexibility index (Phi) is 2.86. The fourth-order valence-electron chi connectivity index (χ4n) is 1.01. The molecular formula is C6H8BF3N2O2. The van der Waals surface area contributed by atoms with Gasteiger partial charge < -0.3 is 10.0 Å². The Morgan fingerprint density at radius 2 is 2.07 bits per heavy atom. The molecule has 0 atom stereocenters. The van der Waals surface area contributed by atoms with E-state index in [4.69, 9.17) is 10.0 Å². The van der Waals surface area contributed by atoms with Crippen LogP contribution in [0.1, 0.15) is 12.6 Å². The number of hydrogen-bond acceptors (Lipinski definition) is 3. The summed E-state index contributed by atoms with van der Waals surface area (Å²) in [6.45, 7) is 1.83. The zero-order valence-corrected chi connectivity index (χ0v) is 7.28. The Balaban J connectivity index is 3.19. The molecule has 0 spiro atoms. The predicted molar refractivity (Wildman–Crippen MR) is 42.7 cm³/mol. The lowest BCUT2D eigenvalue weighted by Crippen LogP contribution is -2.34. The van der Waals surface area contributed by atoms with Gasteiger partial charge in [-0.15, -0.1) is 0 Å². The molecule has 14 heavy (non-hydrogen) atoms. The second-order valence-corrected chi connectivity index (χ2v) is 2.66. The molecule has 0 bridgehead atoms. The van der Waals surface area contributed by atoms with Crippen LogP contribution in [-0.2, 0) is 12.7 Å². The van der Waals surface area contributed by atoms with Crippen LogP contribution in [0, 0.1) is 0 Å².